The number of nitro groups is 1. The van der Waals surface area contributed by atoms with Gasteiger partial charge >= 0.3 is 0 Å². The number of hydrogen-bond acceptors (Lipinski definition) is 8. The topological polar surface area (TPSA) is 116 Å². The molecule has 9 nitrogen and oxygen atoms in total. The van der Waals surface area contributed by atoms with Crippen molar-refractivity contribution in [3.63, 3.8) is 0 Å². The first-order valence-electron chi connectivity index (χ1n) is 10.3. The molecule has 0 aliphatic heterocycles. The number of fused-ring (bicyclic) bond motifs is 3. The Bertz CT molecular complexity index is 1310. The molecule has 0 saturated carbocycles. The fourth-order valence-electron chi connectivity index (χ4n) is 3.83. The van der Waals surface area contributed by atoms with Gasteiger partial charge in [-0.15, -0.1) is 17.9 Å². The molecule has 2 heterocycles. The summed E-state index contributed by atoms with van der Waals surface area (Å²) >= 11 is 2.73. The van der Waals surface area contributed by atoms with Crippen molar-refractivity contribution < 1.29 is 14.5 Å². The summed E-state index contributed by atoms with van der Waals surface area (Å²) in [6, 6.07) is 3.97. The fourth-order valence-corrected chi connectivity index (χ4v) is 5.94. The largest absolute Gasteiger partial charge is 0.494 e. The van der Waals surface area contributed by atoms with E-state index in [0.29, 0.717) is 27.6 Å². The maximum absolute atomic E-state index is 13.3. The van der Waals surface area contributed by atoms with Crippen molar-refractivity contribution in [3.05, 3.63) is 61.8 Å². The van der Waals surface area contributed by atoms with Crippen molar-refractivity contribution in [2.24, 2.45) is 0 Å². The number of methoxy groups -OCH3 is 1. The number of thioether (sulfide) groups is 1. The molecule has 0 fully saturated rings. The first-order chi connectivity index (χ1) is 15.9. The SMILES string of the molecule is C=CCn1c(SCC(=O)Nc2ccc([N+](=O)[O-])cc2OC)nc2sc3c(c2c1=O)CCCC3. The Labute approximate surface area is 197 Å². The van der Waals surface area contributed by atoms with Gasteiger partial charge in [0.2, 0.25) is 5.91 Å². The van der Waals surface area contributed by atoms with Crippen LogP contribution in [0.25, 0.3) is 10.2 Å². The molecule has 0 bridgehead atoms. The van der Waals surface area contributed by atoms with Crippen molar-refractivity contribution in [2.45, 2.75) is 37.4 Å². The lowest BCUT2D eigenvalue weighted by atomic mass is 9.97. The molecule has 1 N–H and O–H groups in total. The summed E-state index contributed by atoms with van der Waals surface area (Å²) in [6.45, 7) is 4.05. The number of carbonyl (C=O) groups is 1. The summed E-state index contributed by atoms with van der Waals surface area (Å²) in [4.78, 5) is 43.0. The smallest absolute Gasteiger partial charge is 0.273 e. The summed E-state index contributed by atoms with van der Waals surface area (Å²) in [5.41, 5.74) is 1.21. The summed E-state index contributed by atoms with van der Waals surface area (Å²) in [5, 5.41) is 14.8. The number of non-ortho nitro benzene ring substituents is 1. The molecule has 172 valence electrons. The average Bonchev–Trinajstić information content (AvgIpc) is 3.18. The Morgan fingerprint density at radius 1 is 1.42 bits per heavy atom. The van der Waals surface area contributed by atoms with Crippen molar-refractivity contribution >= 4 is 50.6 Å². The highest BCUT2D eigenvalue weighted by Gasteiger charge is 2.22. The predicted molar refractivity (Wildman–Crippen MR) is 130 cm³/mol. The van der Waals surface area contributed by atoms with E-state index in [1.807, 2.05) is 0 Å². The summed E-state index contributed by atoms with van der Waals surface area (Å²) in [5.74, 6) is -0.160. The lowest BCUT2D eigenvalue weighted by molar-refractivity contribution is -0.384. The normalized spacial score (nSPS) is 12.9. The Morgan fingerprint density at radius 2 is 2.21 bits per heavy atom. The van der Waals surface area contributed by atoms with Gasteiger partial charge in [0.15, 0.2) is 5.16 Å². The number of carbonyl (C=O) groups excluding carboxylic acids is 1. The lowest BCUT2D eigenvalue weighted by Gasteiger charge is -2.13. The predicted octanol–water partition coefficient (Wildman–Crippen LogP) is 4.17. The number of benzene rings is 1. The summed E-state index contributed by atoms with van der Waals surface area (Å²) < 4.78 is 6.72. The lowest BCUT2D eigenvalue weighted by Crippen LogP contribution is -2.24. The Balaban J connectivity index is 1.57. The second-order valence-electron chi connectivity index (χ2n) is 7.47. The number of aromatic nitrogens is 2. The van der Waals surface area contributed by atoms with Gasteiger partial charge in [0, 0.05) is 17.5 Å². The highest BCUT2D eigenvalue weighted by atomic mass is 32.2. The van der Waals surface area contributed by atoms with Crippen LogP contribution in [0.3, 0.4) is 0 Å². The van der Waals surface area contributed by atoms with Crippen LogP contribution in [-0.2, 0) is 24.2 Å². The quantitative estimate of drug-likeness (QED) is 0.167. The minimum absolute atomic E-state index is 0.000318. The van der Waals surface area contributed by atoms with Crippen LogP contribution in [0.15, 0.2) is 40.8 Å². The second-order valence-corrected chi connectivity index (χ2v) is 9.49. The van der Waals surface area contributed by atoms with Crippen LogP contribution < -0.4 is 15.6 Å². The molecule has 1 amide bonds. The molecule has 0 radical (unpaired) electrons. The van der Waals surface area contributed by atoms with Gasteiger partial charge in [0.05, 0.1) is 34.9 Å². The Hall–Kier alpha value is -3.18. The van der Waals surface area contributed by atoms with E-state index in [1.54, 1.807) is 22.0 Å². The van der Waals surface area contributed by atoms with Crippen LogP contribution in [0.1, 0.15) is 23.3 Å². The van der Waals surface area contributed by atoms with E-state index in [-0.39, 0.29) is 28.7 Å². The molecule has 1 aliphatic rings. The van der Waals surface area contributed by atoms with Gasteiger partial charge in [-0.3, -0.25) is 24.3 Å². The molecule has 0 saturated heterocycles. The van der Waals surface area contributed by atoms with E-state index >= 15 is 0 Å². The van der Waals surface area contributed by atoms with Gasteiger partial charge in [-0.2, -0.15) is 0 Å². The molecule has 1 aromatic carbocycles. The molecule has 1 aliphatic carbocycles. The fraction of sp³-hybridized carbons (Fsp3) is 0.318. The number of hydrogen-bond donors (Lipinski definition) is 1. The maximum Gasteiger partial charge on any atom is 0.273 e. The van der Waals surface area contributed by atoms with Crippen molar-refractivity contribution in [3.8, 4) is 5.75 Å². The zero-order valence-electron chi connectivity index (χ0n) is 18.0. The van der Waals surface area contributed by atoms with Crippen molar-refractivity contribution in [1.82, 2.24) is 9.55 Å². The van der Waals surface area contributed by atoms with Gasteiger partial charge in [0.25, 0.3) is 11.2 Å². The van der Waals surface area contributed by atoms with Gasteiger partial charge in [-0.05, 0) is 37.3 Å². The summed E-state index contributed by atoms with van der Waals surface area (Å²) in [7, 11) is 1.37. The van der Waals surface area contributed by atoms with Crippen LogP contribution in [-0.4, -0.2) is 33.2 Å². The molecule has 11 heteroatoms. The van der Waals surface area contributed by atoms with E-state index in [2.05, 4.69) is 11.9 Å². The molecule has 2 aromatic heterocycles. The van der Waals surface area contributed by atoms with E-state index in [9.17, 15) is 19.7 Å². The number of amides is 1. The van der Waals surface area contributed by atoms with Crippen LogP contribution >= 0.6 is 23.1 Å². The molecule has 33 heavy (non-hydrogen) atoms. The number of ether oxygens (including phenoxy) is 1. The van der Waals surface area contributed by atoms with Gasteiger partial charge in [-0.25, -0.2) is 4.98 Å². The number of thiophene rings is 1. The number of allylic oxidation sites excluding steroid dienone is 1. The van der Waals surface area contributed by atoms with Gasteiger partial charge < -0.3 is 10.1 Å². The number of anilines is 1. The zero-order chi connectivity index (χ0) is 23.5. The monoisotopic (exact) mass is 486 g/mol. The molecule has 0 spiro atoms. The first-order valence-corrected chi connectivity index (χ1v) is 12.1. The maximum atomic E-state index is 13.3. The Morgan fingerprint density at radius 3 is 2.94 bits per heavy atom. The van der Waals surface area contributed by atoms with Gasteiger partial charge in [0.1, 0.15) is 10.6 Å². The third-order valence-electron chi connectivity index (χ3n) is 5.35. The van der Waals surface area contributed by atoms with Crippen LogP contribution in [0, 0.1) is 10.1 Å². The number of rotatable bonds is 8. The van der Waals surface area contributed by atoms with Crippen LogP contribution in [0.2, 0.25) is 0 Å². The third-order valence-corrected chi connectivity index (χ3v) is 7.52. The minimum atomic E-state index is -0.535. The average molecular weight is 487 g/mol. The zero-order valence-corrected chi connectivity index (χ0v) is 19.6. The Kier molecular flexibility index (Phi) is 6.80. The number of aryl methyl sites for hydroxylation is 2. The van der Waals surface area contributed by atoms with Gasteiger partial charge in [-0.1, -0.05) is 17.8 Å². The molecular formula is C22H22N4O5S2. The number of nitrogens with zero attached hydrogens (tertiary/aromatic N) is 3. The van der Waals surface area contributed by atoms with E-state index in [0.717, 1.165) is 43.0 Å². The summed E-state index contributed by atoms with van der Waals surface area (Å²) in [6.07, 6.45) is 5.70. The number of nitro benzene ring substituents is 1. The molecule has 0 unspecified atom stereocenters. The van der Waals surface area contributed by atoms with E-state index in [4.69, 9.17) is 9.72 Å². The van der Waals surface area contributed by atoms with E-state index < -0.39 is 4.92 Å². The second kappa shape index (κ2) is 9.75. The van der Waals surface area contributed by atoms with Crippen molar-refractivity contribution in [1.29, 1.82) is 0 Å². The molecular weight excluding hydrogens is 464 g/mol. The van der Waals surface area contributed by atoms with Crippen LogP contribution in [0.5, 0.6) is 5.75 Å². The highest BCUT2D eigenvalue weighted by molar-refractivity contribution is 7.99. The minimum Gasteiger partial charge on any atom is -0.494 e. The third kappa shape index (κ3) is 4.64. The molecule has 3 aromatic rings. The number of nitrogens with one attached hydrogen (secondary N) is 1. The molecule has 0 atom stereocenters. The van der Waals surface area contributed by atoms with E-state index in [1.165, 1.54) is 30.2 Å². The standard InChI is InChI=1S/C22H22N4O5S2/c1-3-10-25-21(28)19-14-6-4-5-7-17(14)33-20(19)24-22(25)32-12-18(27)23-15-9-8-13(26(29)30)11-16(15)31-2/h3,8-9,11H,1,4-7,10,12H2,2H3,(H,23,27). The van der Waals surface area contributed by atoms with Crippen molar-refractivity contribution in [2.75, 3.05) is 18.2 Å². The molecule has 4 rings (SSSR count). The first kappa shape index (κ1) is 23.0. The van der Waals surface area contributed by atoms with Crippen LogP contribution in [0.4, 0.5) is 11.4 Å². The highest BCUT2D eigenvalue weighted by Crippen LogP contribution is 2.35.